The molecule has 30 heavy (non-hydrogen) atoms. The second kappa shape index (κ2) is 8.77. The van der Waals surface area contributed by atoms with Gasteiger partial charge in [-0.25, -0.2) is 4.98 Å². The van der Waals surface area contributed by atoms with E-state index in [2.05, 4.69) is 4.98 Å². The van der Waals surface area contributed by atoms with Crippen LogP contribution in [0.25, 0.3) is 11.3 Å². The lowest BCUT2D eigenvalue weighted by atomic mass is 10.1. The molecule has 0 radical (unpaired) electrons. The number of anilines is 1. The van der Waals surface area contributed by atoms with Gasteiger partial charge in [-0.1, -0.05) is 41.9 Å². The van der Waals surface area contributed by atoms with E-state index in [0.717, 1.165) is 11.3 Å². The summed E-state index contributed by atoms with van der Waals surface area (Å²) in [6.07, 6.45) is 0.0359. The van der Waals surface area contributed by atoms with Crippen molar-refractivity contribution in [2.75, 3.05) is 18.1 Å². The standard InChI is InChI=1S/C22H17ClN2O4S/c23-17-8-6-15(7-9-17)19(26)12-29-21(28)16-10-20(27)25(11-16)22-24-18(13-30-22)14-4-2-1-3-5-14/h1-9,13,16H,10-12H2. The minimum absolute atomic E-state index is 0.0359. The number of Topliss-reactive ketones (excluding diaryl/α,β-unsaturated/α-hetero) is 1. The predicted octanol–water partition coefficient (Wildman–Crippen LogP) is 4.24. The summed E-state index contributed by atoms with van der Waals surface area (Å²) < 4.78 is 5.16. The average Bonchev–Trinajstić information content (AvgIpc) is 3.40. The molecule has 1 fully saturated rings. The lowest BCUT2D eigenvalue weighted by Crippen LogP contribution is -2.27. The SMILES string of the molecule is O=C(COC(=O)C1CC(=O)N(c2nc(-c3ccccc3)cs2)C1)c1ccc(Cl)cc1. The van der Waals surface area contributed by atoms with Gasteiger partial charge in [0.1, 0.15) is 0 Å². The van der Waals surface area contributed by atoms with Crippen LogP contribution in [-0.2, 0) is 14.3 Å². The zero-order chi connectivity index (χ0) is 21.1. The molecule has 6 nitrogen and oxygen atoms in total. The molecule has 1 saturated heterocycles. The van der Waals surface area contributed by atoms with Gasteiger partial charge in [-0.3, -0.25) is 19.3 Å². The number of ether oxygens (including phenoxy) is 1. The fraction of sp³-hybridized carbons (Fsp3) is 0.182. The van der Waals surface area contributed by atoms with E-state index < -0.39 is 11.9 Å². The smallest absolute Gasteiger partial charge is 0.311 e. The Labute approximate surface area is 182 Å². The fourth-order valence-corrected chi connectivity index (χ4v) is 4.14. The molecule has 0 bridgehead atoms. The van der Waals surface area contributed by atoms with Gasteiger partial charge in [0.05, 0.1) is 11.6 Å². The number of rotatable bonds is 6. The molecule has 2 heterocycles. The van der Waals surface area contributed by atoms with E-state index in [-0.39, 0.29) is 31.3 Å². The lowest BCUT2D eigenvalue weighted by Gasteiger charge is -2.12. The maximum absolute atomic E-state index is 12.4. The van der Waals surface area contributed by atoms with Crippen molar-refractivity contribution in [1.29, 1.82) is 0 Å². The lowest BCUT2D eigenvalue weighted by molar-refractivity contribution is -0.147. The van der Waals surface area contributed by atoms with Crippen LogP contribution in [0.15, 0.2) is 60.0 Å². The number of nitrogens with zero attached hydrogens (tertiary/aromatic N) is 2. The molecule has 0 saturated carbocycles. The Morgan fingerprint density at radius 2 is 1.87 bits per heavy atom. The average molecular weight is 441 g/mol. The number of ketones is 1. The Hall–Kier alpha value is -3.03. The van der Waals surface area contributed by atoms with Gasteiger partial charge in [0.25, 0.3) is 0 Å². The third-order valence-corrected chi connectivity index (χ3v) is 5.88. The normalized spacial score (nSPS) is 16.0. The highest BCUT2D eigenvalue weighted by atomic mass is 35.5. The summed E-state index contributed by atoms with van der Waals surface area (Å²) in [6.45, 7) is -0.185. The summed E-state index contributed by atoms with van der Waals surface area (Å²) in [4.78, 5) is 43.0. The molecular formula is C22H17ClN2O4S. The van der Waals surface area contributed by atoms with Crippen LogP contribution in [-0.4, -0.2) is 35.8 Å². The van der Waals surface area contributed by atoms with Gasteiger partial charge in [0.2, 0.25) is 5.91 Å². The van der Waals surface area contributed by atoms with Crippen molar-refractivity contribution in [3.05, 3.63) is 70.6 Å². The maximum atomic E-state index is 12.4. The fourth-order valence-electron chi connectivity index (χ4n) is 3.15. The van der Waals surface area contributed by atoms with Gasteiger partial charge in [0, 0.05) is 34.5 Å². The minimum atomic E-state index is -0.625. The quantitative estimate of drug-likeness (QED) is 0.423. The first-order valence-electron chi connectivity index (χ1n) is 9.28. The molecule has 1 aromatic heterocycles. The molecule has 0 N–H and O–H groups in total. The molecule has 1 aliphatic rings. The molecule has 1 unspecified atom stereocenters. The molecule has 1 aliphatic heterocycles. The van der Waals surface area contributed by atoms with Crippen molar-refractivity contribution >= 4 is 45.7 Å². The van der Waals surface area contributed by atoms with E-state index in [0.29, 0.717) is 15.7 Å². The number of thiazole rings is 1. The number of halogens is 1. The van der Waals surface area contributed by atoms with Crippen molar-refractivity contribution in [3.63, 3.8) is 0 Å². The van der Waals surface area contributed by atoms with Crippen LogP contribution in [0, 0.1) is 5.92 Å². The van der Waals surface area contributed by atoms with Gasteiger partial charge < -0.3 is 4.74 Å². The number of aromatic nitrogens is 1. The van der Waals surface area contributed by atoms with Gasteiger partial charge >= 0.3 is 5.97 Å². The number of carbonyl (C=O) groups is 3. The van der Waals surface area contributed by atoms with E-state index in [9.17, 15) is 14.4 Å². The summed E-state index contributed by atoms with van der Waals surface area (Å²) in [6, 6.07) is 16.0. The van der Waals surface area contributed by atoms with Crippen molar-refractivity contribution in [2.45, 2.75) is 6.42 Å². The number of hydrogen-bond donors (Lipinski definition) is 0. The van der Waals surface area contributed by atoms with Crippen LogP contribution in [0.1, 0.15) is 16.8 Å². The second-order valence-electron chi connectivity index (χ2n) is 6.82. The van der Waals surface area contributed by atoms with Crippen LogP contribution in [0.5, 0.6) is 0 Å². The van der Waals surface area contributed by atoms with Gasteiger partial charge in [-0.05, 0) is 24.3 Å². The Morgan fingerprint density at radius 1 is 1.13 bits per heavy atom. The zero-order valence-electron chi connectivity index (χ0n) is 15.8. The van der Waals surface area contributed by atoms with Gasteiger partial charge in [-0.15, -0.1) is 11.3 Å². The topological polar surface area (TPSA) is 76.6 Å². The van der Waals surface area contributed by atoms with Crippen LogP contribution in [0.4, 0.5) is 5.13 Å². The molecule has 0 aliphatic carbocycles. The van der Waals surface area contributed by atoms with Crippen LogP contribution < -0.4 is 4.90 Å². The number of benzene rings is 2. The monoisotopic (exact) mass is 440 g/mol. The van der Waals surface area contributed by atoms with Crippen molar-refractivity contribution in [3.8, 4) is 11.3 Å². The largest absolute Gasteiger partial charge is 0.457 e. The third-order valence-electron chi connectivity index (χ3n) is 4.76. The van der Waals surface area contributed by atoms with E-state index in [1.807, 2.05) is 35.7 Å². The van der Waals surface area contributed by atoms with Gasteiger partial charge in [0.15, 0.2) is 17.5 Å². The first-order valence-corrected chi connectivity index (χ1v) is 10.5. The maximum Gasteiger partial charge on any atom is 0.311 e. The summed E-state index contributed by atoms with van der Waals surface area (Å²) >= 11 is 7.16. The molecule has 1 atom stereocenters. The minimum Gasteiger partial charge on any atom is -0.457 e. The van der Waals surface area contributed by atoms with Crippen molar-refractivity contribution in [1.82, 2.24) is 4.98 Å². The Kier molecular flexibility index (Phi) is 5.92. The summed E-state index contributed by atoms with van der Waals surface area (Å²) in [5, 5.41) is 2.95. The van der Waals surface area contributed by atoms with E-state index >= 15 is 0 Å². The number of carbonyl (C=O) groups excluding carboxylic acids is 3. The molecule has 152 valence electrons. The van der Waals surface area contributed by atoms with Gasteiger partial charge in [-0.2, -0.15) is 0 Å². The second-order valence-corrected chi connectivity index (χ2v) is 8.10. The molecule has 1 amide bonds. The number of amides is 1. The molecule has 8 heteroatoms. The third kappa shape index (κ3) is 4.42. The van der Waals surface area contributed by atoms with E-state index in [1.54, 1.807) is 24.3 Å². The van der Waals surface area contributed by atoms with Crippen molar-refractivity contribution < 1.29 is 19.1 Å². The molecule has 4 rings (SSSR count). The molecule has 3 aromatic rings. The van der Waals surface area contributed by atoms with Crippen LogP contribution in [0.2, 0.25) is 5.02 Å². The summed E-state index contributed by atoms with van der Waals surface area (Å²) in [7, 11) is 0. The predicted molar refractivity (Wildman–Crippen MR) is 115 cm³/mol. The highest BCUT2D eigenvalue weighted by Gasteiger charge is 2.37. The Bertz CT molecular complexity index is 1080. The Balaban J connectivity index is 1.36. The first kappa shape index (κ1) is 20.3. The molecule has 2 aromatic carbocycles. The number of esters is 1. The number of hydrogen-bond acceptors (Lipinski definition) is 6. The highest BCUT2D eigenvalue weighted by molar-refractivity contribution is 7.14. The Morgan fingerprint density at radius 3 is 2.60 bits per heavy atom. The molecule has 0 spiro atoms. The van der Waals surface area contributed by atoms with Crippen molar-refractivity contribution in [2.24, 2.45) is 5.92 Å². The summed E-state index contributed by atoms with van der Waals surface area (Å²) in [5.41, 5.74) is 2.15. The summed E-state index contributed by atoms with van der Waals surface area (Å²) in [5.74, 6) is -1.70. The zero-order valence-corrected chi connectivity index (χ0v) is 17.4. The first-order chi connectivity index (χ1) is 14.5. The van der Waals surface area contributed by atoms with Crippen LogP contribution in [0.3, 0.4) is 0 Å². The highest BCUT2D eigenvalue weighted by Crippen LogP contribution is 2.31. The van der Waals surface area contributed by atoms with Crippen LogP contribution >= 0.6 is 22.9 Å². The molecular weight excluding hydrogens is 424 g/mol. The van der Waals surface area contributed by atoms with E-state index in [4.69, 9.17) is 16.3 Å². The van der Waals surface area contributed by atoms with E-state index in [1.165, 1.54) is 16.2 Å².